The van der Waals surface area contributed by atoms with E-state index in [-0.39, 0.29) is 23.2 Å². The monoisotopic (exact) mass is 290 g/mol. The second-order valence-electron chi connectivity index (χ2n) is 3.78. The third-order valence-electron chi connectivity index (χ3n) is 2.16. The molecular weight excluding hydrogens is 275 g/mol. The maximum Gasteiger partial charge on any atom is 0.257 e. The van der Waals surface area contributed by atoms with E-state index in [1.807, 2.05) is 6.92 Å². The Labute approximate surface area is 110 Å². The van der Waals surface area contributed by atoms with Crippen LogP contribution in [0, 0.1) is 5.82 Å². The number of amides is 1. The molecule has 0 aliphatic rings. The lowest BCUT2D eigenvalue weighted by atomic mass is 10.3. The number of nitrogens with one attached hydrogen (secondary N) is 1. The van der Waals surface area contributed by atoms with Gasteiger partial charge in [-0.25, -0.2) is 17.9 Å². The van der Waals surface area contributed by atoms with E-state index >= 15 is 0 Å². The minimum Gasteiger partial charge on any atom is -0.481 e. The summed E-state index contributed by atoms with van der Waals surface area (Å²) >= 11 is 0. The largest absolute Gasteiger partial charge is 0.481 e. The van der Waals surface area contributed by atoms with Gasteiger partial charge in [0.2, 0.25) is 10.0 Å². The molecular formula is C11H15FN2O4S. The van der Waals surface area contributed by atoms with E-state index in [2.05, 4.69) is 5.32 Å². The van der Waals surface area contributed by atoms with E-state index in [4.69, 9.17) is 9.88 Å². The zero-order valence-corrected chi connectivity index (χ0v) is 11.2. The predicted octanol–water partition coefficient (Wildman–Crippen LogP) is 0.378. The Morgan fingerprint density at radius 2 is 2.16 bits per heavy atom. The van der Waals surface area contributed by atoms with Crippen LogP contribution in [0.25, 0.3) is 0 Å². The summed E-state index contributed by atoms with van der Waals surface area (Å²) in [5.74, 6) is -1.48. The van der Waals surface area contributed by atoms with Gasteiger partial charge in [-0.15, -0.1) is 0 Å². The summed E-state index contributed by atoms with van der Waals surface area (Å²) < 4.78 is 40.4. The van der Waals surface area contributed by atoms with Gasteiger partial charge in [0.05, 0.1) is 4.90 Å². The fraction of sp³-hybridized carbons (Fsp3) is 0.364. The number of sulfonamides is 1. The summed E-state index contributed by atoms with van der Waals surface area (Å²) in [6.07, 6.45) is 0.781. The molecule has 1 rings (SSSR count). The Bertz CT molecular complexity index is 560. The Kier molecular flexibility index (Phi) is 5.25. The van der Waals surface area contributed by atoms with Gasteiger partial charge in [0.25, 0.3) is 5.91 Å². The lowest BCUT2D eigenvalue weighted by Gasteiger charge is -2.08. The van der Waals surface area contributed by atoms with Gasteiger partial charge in [-0.1, -0.05) is 6.92 Å². The molecule has 106 valence electrons. The number of ether oxygens (including phenoxy) is 1. The van der Waals surface area contributed by atoms with Gasteiger partial charge in [-0.05, 0) is 24.6 Å². The van der Waals surface area contributed by atoms with Crippen molar-refractivity contribution in [2.24, 2.45) is 5.14 Å². The Morgan fingerprint density at radius 1 is 1.47 bits per heavy atom. The molecule has 0 unspecified atom stereocenters. The van der Waals surface area contributed by atoms with Crippen molar-refractivity contribution >= 4 is 15.9 Å². The number of benzene rings is 1. The number of hydrogen-bond donors (Lipinski definition) is 2. The van der Waals surface area contributed by atoms with Crippen LogP contribution in [-0.2, 0) is 14.8 Å². The number of rotatable bonds is 6. The zero-order valence-electron chi connectivity index (χ0n) is 10.3. The third kappa shape index (κ3) is 4.84. The fourth-order valence-electron chi connectivity index (χ4n) is 1.23. The Balaban J connectivity index is 2.68. The summed E-state index contributed by atoms with van der Waals surface area (Å²) in [7, 11) is -3.96. The quantitative estimate of drug-likeness (QED) is 0.791. The number of hydrogen-bond acceptors (Lipinski definition) is 4. The average Bonchev–Trinajstić information content (AvgIpc) is 2.33. The highest BCUT2D eigenvalue weighted by Gasteiger charge is 2.13. The SMILES string of the molecule is CCCNC(=O)COc1ccc(S(N)(=O)=O)cc1F. The van der Waals surface area contributed by atoms with E-state index < -0.39 is 15.8 Å². The first-order chi connectivity index (χ1) is 8.84. The second kappa shape index (κ2) is 6.48. The molecule has 0 fully saturated rings. The first-order valence-electron chi connectivity index (χ1n) is 5.56. The molecule has 0 aromatic heterocycles. The maximum atomic E-state index is 13.5. The molecule has 1 aromatic carbocycles. The molecule has 0 aliphatic carbocycles. The summed E-state index contributed by atoms with van der Waals surface area (Å²) in [5, 5.41) is 7.41. The van der Waals surface area contributed by atoms with Crippen LogP contribution in [0.15, 0.2) is 23.1 Å². The van der Waals surface area contributed by atoms with Gasteiger partial charge < -0.3 is 10.1 Å². The topological polar surface area (TPSA) is 98.5 Å². The van der Waals surface area contributed by atoms with Crippen molar-refractivity contribution in [1.29, 1.82) is 0 Å². The van der Waals surface area contributed by atoms with Crippen LogP contribution in [0.1, 0.15) is 13.3 Å². The maximum absolute atomic E-state index is 13.5. The molecule has 0 bridgehead atoms. The van der Waals surface area contributed by atoms with Crippen LogP contribution in [0.3, 0.4) is 0 Å². The average molecular weight is 290 g/mol. The van der Waals surface area contributed by atoms with Crippen molar-refractivity contribution in [3.05, 3.63) is 24.0 Å². The summed E-state index contributed by atoms with van der Waals surface area (Å²) in [6.45, 7) is 2.06. The van der Waals surface area contributed by atoms with Crippen LogP contribution in [-0.4, -0.2) is 27.5 Å². The van der Waals surface area contributed by atoms with Crippen LogP contribution in [0.5, 0.6) is 5.75 Å². The summed E-state index contributed by atoms with van der Waals surface area (Å²) in [4.78, 5) is 10.9. The molecule has 19 heavy (non-hydrogen) atoms. The minimum atomic E-state index is -3.96. The molecule has 0 spiro atoms. The molecule has 8 heteroatoms. The Morgan fingerprint density at radius 3 is 2.68 bits per heavy atom. The standard InChI is InChI=1S/C11H15FN2O4S/c1-2-5-14-11(15)7-18-10-4-3-8(6-9(10)12)19(13,16)17/h3-4,6H,2,5,7H2,1H3,(H,14,15)(H2,13,16,17). The van der Waals surface area contributed by atoms with Gasteiger partial charge in [-0.2, -0.15) is 0 Å². The van der Waals surface area contributed by atoms with Crippen molar-refractivity contribution in [1.82, 2.24) is 5.32 Å². The van der Waals surface area contributed by atoms with Crippen molar-refractivity contribution in [2.75, 3.05) is 13.2 Å². The highest BCUT2D eigenvalue weighted by molar-refractivity contribution is 7.89. The van der Waals surface area contributed by atoms with Gasteiger partial charge >= 0.3 is 0 Å². The first-order valence-corrected chi connectivity index (χ1v) is 7.11. The molecule has 0 atom stereocenters. The third-order valence-corrected chi connectivity index (χ3v) is 3.07. The highest BCUT2D eigenvalue weighted by Crippen LogP contribution is 2.20. The molecule has 1 amide bonds. The zero-order chi connectivity index (χ0) is 14.5. The fourth-order valence-corrected chi connectivity index (χ4v) is 1.76. The first kappa shape index (κ1) is 15.4. The number of halogens is 1. The van der Waals surface area contributed by atoms with Crippen molar-refractivity contribution in [3.63, 3.8) is 0 Å². The minimum absolute atomic E-state index is 0.209. The molecule has 6 nitrogen and oxygen atoms in total. The van der Waals surface area contributed by atoms with Gasteiger partial charge in [0.15, 0.2) is 18.2 Å². The van der Waals surface area contributed by atoms with Gasteiger partial charge in [0, 0.05) is 6.54 Å². The van der Waals surface area contributed by atoms with Crippen LogP contribution < -0.4 is 15.2 Å². The van der Waals surface area contributed by atoms with Crippen molar-refractivity contribution in [2.45, 2.75) is 18.2 Å². The number of carbonyl (C=O) groups is 1. The lowest BCUT2D eigenvalue weighted by molar-refractivity contribution is -0.123. The Hall–Kier alpha value is -1.67. The normalized spacial score (nSPS) is 11.1. The number of carbonyl (C=O) groups excluding carboxylic acids is 1. The number of nitrogens with two attached hydrogens (primary N) is 1. The summed E-state index contributed by atoms with van der Waals surface area (Å²) in [6, 6.07) is 2.97. The molecule has 0 saturated carbocycles. The van der Waals surface area contributed by atoms with Gasteiger partial charge in [0.1, 0.15) is 0 Å². The smallest absolute Gasteiger partial charge is 0.257 e. The molecule has 0 heterocycles. The molecule has 1 aromatic rings. The van der Waals surface area contributed by atoms with E-state index in [1.165, 1.54) is 0 Å². The second-order valence-corrected chi connectivity index (χ2v) is 5.34. The van der Waals surface area contributed by atoms with Crippen LogP contribution in [0.2, 0.25) is 0 Å². The van der Waals surface area contributed by atoms with E-state index in [0.717, 1.165) is 24.6 Å². The van der Waals surface area contributed by atoms with E-state index in [1.54, 1.807) is 0 Å². The highest BCUT2D eigenvalue weighted by atomic mass is 32.2. The lowest BCUT2D eigenvalue weighted by Crippen LogP contribution is -2.29. The van der Waals surface area contributed by atoms with Crippen molar-refractivity contribution < 1.29 is 22.3 Å². The molecule has 0 radical (unpaired) electrons. The summed E-state index contributed by atoms with van der Waals surface area (Å²) in [5.41, 5.74) is 0. The molecule has 0 aliphatic heterocycles. The van der Waals surface area contributed by atoms with Gasteiger partial charge in [-0.3, -0.25) is 4.79 Å². The van der Waals surface area contributed by atoms with Crippen molar-refractivity contribution in [3.8, 4) is 5.75 Å². The van der Waals surface area contributed by atoms with E-state index in [0.29, 0.717) is 6.54 Å². The van der Waals surface area contributed by atoms with Crippen LogP contribution in [0.4, 0.5) is 4.39 Å². The molecule has 3 N–H and O–H groups in total. The van der Waals surface area contributed by atoms with Crippen LogP contribution >= 0.6 is 0 Å². The number of primary sulfonamides is 1. The predicted molar refractivity (Wildman–Crippen MR) is 66.6 cm³/mol. The molecule has 0 saturated heterocycles. The van der Waals surface area contributed by atoms with E-state index in [9.17, 15) is 17.6 Å².